The third-order valence-corrected chi connectivity index (χ3v) is 3.84. The number of piperazine rings is 1. The lowest BCUT2D eigenvalue weighted by molar-refractivity contribution is -0.138. The van der Waals surface area contributed by atoms with Gasteiger partial charge in [-0.3, -0.25) is 9.69 Å². The number of hydrogen-bond acceptors (Lipinski definition) is 4. The van der Waals surface area contributed by atoms with E-state index in [-0.39, 0.29) is 17.9 Å². The SMILES string of the molecule is COCCN1CCN(C(=O)C(C)C(C)N)CC1C. The fourth-order valence-corrected chi connectivity index (χ4v) is 2.25. The molecule has 1 saturated heterocycles. The predicted octanol–water partition coefficient (Wildman–Crippen LogP) is 0.149. The van der Waals surface area contributed by atoms with E-state index in [4.69, 9.17) is 10.5 Å². The first-order valence-electron chi connectivity index (χ1n) is 6.74. The van der Waals surface area contributed by atoms with Crippen LogP contribution in [0.15, 0.2) is 0 Å². The van der Waals surface area contributed by atoms with Crippen LogP contribution in [0, 0.1) is 5.92 Å². The fraction of sp³-hybridized carbons (Fsp3) is 0.923. The van der Waals surface area contributed by atoms with E-state index in [9.17, 15) is 4.79 Å². The maximum absolute atomic E-state index is 12.2. The first-order chi connectivity index (χ1) is 8.47. The average molecular weight is 257 g/mol. The minimum absolute atomic E-state index is 0.0840. The molecule has 18 heavy (non-hydrogen) atoms. The lowest BCUT2D eigenvalue weighted by Gasteiger charge is -2.41. The predicted molar refractivity (Wildman–Crippen MR) is 72.3 cm³/mol. The first kappa shape index (κ1) is 15.4. The van der Waals surface area contributed by atoms with E-state index in [0.717, 1.165) is 32.8 Å². The van der Waals surface area contributed by atoms with Crippen LogP contribution in [0.2, 0.25) is 0 Å². The highest BCUT2D eigenvalue weighted by molar-refractivity contribution is 5.79. The summed E-state index contributed by atoms with van der Waals surface area (Å²) in [6.07, 6.45) is 0. The number of nitrogens with two attached hydrogens (primary N) is 1. The molecule has 106 valence electrons. The van der Waals surface area contributed by atoms with Gasteiger partial charge in [0.05, 0.1) is 12.5 Å². The summed E-state index contributed by atoms with van der Waals surface area (Å²) in [6, 6.07) is 0.303. The monoisotopic (exact) mass is 257 g/mol. The molecule has 0 spiro atoms. The number of carbonyl (C=O) groups excluding carboxylic acids is 1. The van der Waals surface area contributed by atoms with Gasteiger partial charge in [-0.15, -0.1) is 0 Å². The van der Waals surface area contributed by atoms with Gasteiger partial charge in [0.15, 0.2) is 0 Å². The van der Waals surface area contributed by atoms with Crippen LogP contribution in [0.5, 0.6) is 0 Å². The minimum Gasteiger partial charge on any atom is -0.383 e. The highest BCUT2D eigenvalue weighted by atomic mass is 16.5. The fourth-order valence-electron chi connectivity index (χ4n) is 2.25. The highest BCUT2D eigenvalue weighted by Gasteiger charge is 2.29. The van der Waals surface area contributed by atoms with E-state index in [1.165, 1.54) is 0 Å². The molecule has 1 heterocycles. The van der Waals surface area contributed by atoms with E-state index in [1.807, 2.05) is 18.7 Å². The number of ether oxygens (including phenoxy) is 1. The summed E-state index contributed by atoms with van der Waals surface area (Å²) in [5.41, 5.74) is 5.80. The lowest BCUT2D eigenvalue weighted by atomic mass is 10.0. The molecule has 1 fully saturated rings. The second kappa shape index (κ2) is 7.07. The summed E-state index contributed by atoms with van der Waals surface area (Å²) in [5, 5.41) is 0. The van der Waals surface area contributed by atoms with Crippen molar-refractivity contribution < 1.29 is 9.53 Å². The van der Waals surface area contributed by atoms with Crippen LogP contribution in [-0.4, -0.2) is 67.7 Å². The number of carbonyl (C=O) groups is 1. The molecule has 0 aromatic carbocycles. The van der Waals surface area contributed by atoms with Gasteiger partial charge in [0.1, 0.15) is 0 Å². The van der Waals surface area contributed by atoms with Crippen LogP contribution in [0.25, 0.3) is 0 Å². The molecule has 0 radical (unpaired) electrons. The van der Waals surface area contributed by atoms with Crippen LogP contribution >= 0.6 is 0 Å². The van der Waals surface area contributed by atoms with Crippen LogP contribution in [0.3, 0.4) is 0 Å². The molecule has 1 aliphatic rings. The van der Waals surface area contributed by atoms with E-state index in [0.29, 0.717) is 6.04 Å². The molecule has 5 heteroatoms. The summed E-state index contributed by atoms with van der Waals surface area (Å²) in [6.45, 7) is 10.1. The van der Waals surface area contributed by atoms with Gasteiger partial charge in [-0.1, -0.05) is 6.92 Å². The van der Waals surface area contributed by atoms with Gasteiger partial charge in [-0.25, -0.2) is 0 Å². The summed E-state index contributed by atoms with van der Waals surface area (Å²) in [7, 11) is 1.72. The number of nitrogens with zero attached hydrogens (tertiary/aromatic N) is 2. The third kappa shape index (κ3) is 3.93. The quantitative estimate of drug-likeness (QED) is 0.761. The summed E-state index contributed by atoms with van der Waals surface area (Å²) in [4.78, 5) is 16.5. The number of methoxy groups -OCH3 is 1. The Kier molecular flexibility index (Phi) is 6.05. The van der Waals surface area contributed by atoms with Crippen LogP contribution in [0.4, 0.5) is 0 Å². The second-order valence-electron chi connectivity index (χ2n) is 5.31. The maximum atomic E-state index is 12.2. The van der Waals surface area contributed by atoms with Crippen molar-refractivity contribution in [1.82, 2.24) is 9.80 Å². The Labute approximate surface area is 110 Å². The molecule has 5 nitrogen and oxygen atoms in total. The Bertz CT molecular complexity index is 271. The standard InChI is InChI=1S/C13H27N3O2/c1-10-9-16(13(17)11(2)12(3)14)6-5-15(10)7-8-18-4/h10-12H,5-9,14H2,1-4H3. The average Bonchev–Trinajstić information content (AvgIpc) is 2.35. The van der Waals surface area contributed by atoms with Gasteiger partial charge < -0.3 is 15.4 Å². The van der Waals surface area contributed by atoms with E-state index in [2.05, 4.69) is 11.8 Å². The molecule has 0 aromatic rings. The Morgan fingerprint density at radius 2 is 2.11 bits per heavy atom. The molecule has 0 bridgehead atoms. The van der Waals surface area contributed by atoms with Crippen LogP contribution in [0.1, 0.15) is 20.8 Å². The van der Waals surface area contributed by atoms with Crippen LogP contribution in [-0.2, 0) is 9.53 Å². The van der Waals surface area contributed by atoms with Gasteiger partial charge in [0, 0.05) is 45.4 Å². The Morgan fingerprint density at radius 3 is 2.61 bits per heavy atom. The van der Waals surface area contributed by atoms with Gasteiger partial charge in [0.2, 0.25) is 5.91 Å². The lowest BCUT2D eigenvalue weighted by Crippen LogP contribution is -2.56. The maximum Gasteiger partial charge on any atom is 0.227 e. The zero-order chi connectivity index (χ0) is 13.7. The zero-order valence-electron chi connectivity index (χ0n) is 12.1. The van der Waals surface area contributed by atoms with Crippen molar-refractivity contribution in [2.45, 2.75) is 32.9 Å². The second-order valence-corrected chi connectivity index (χ2v) is 5.31. The largest absolute Gasteiger partial charge is 0.383 e. The summed E-state index contributed by atoms with van der Waals surface area (Å²) in [5.74, 6) is 0.0889. The van der Waals surface area contributed by atoms with Crippen molar-refractivity contribution in [2.75, 3.05) is 39.9 Å². The van der Waals surface area contributed by atoms with Gasteiger partial charge in [0.25, 0.3) is 0 Å². The third-order valence-electron chi connectivity index (χ3n) is 3.84. The summed E-state index contributed by atoms with van der Waals surface area (Å²) < 4.78 is 5.10. The molecular formula is C13H27N3O2. The van der Waals surface area contributed by atoms with Gasteiger partial charge in [-0.2, -0.15) is 0 Å². The molecule has 0 saturated carbocycles. The molecule has 3 atom stereocenters. The molecule has 1 rings (SSSR count). The molecular weight excluding hydrogens is 230 g/mol. The Morgan fingerprint density at radius 1 is 1.44 bits per heavy atom. The smallest absolute Gasteiger partial charge is 0.227 e. The van der Waals surface area contributed by atoms with Crippen molar-refractivity contribution in [2.24, 2.45) is 11.7 Å². The Balaban J connectivity index is 2.47. The zero-order valence-corrected chi connectivity index (χ0v) is 12.1. The van der Waals surface area contributed by atoms with E-state index in [1.54, 1.807) is 7.11 Å². The highest BCUT2D eigenvalue weighted by Crippen LogP contribution is 2.13. The van der Waals surface area contributed by atoms with Crippen molar-refractivity contribution in [3.05, 3.63) is 0 Å². The van der Waals surface area contributed by atoms with Crippen LogP contribution < -0.4 is 5.73 Å². The van der Waals surface area contributed by atoms with Crippen molar-refractivity contribution in [3.8, 4) is 0 Å². The van der Waals surface area contributed by atoms with E-state index >= 15 is 0 Å². The minimum atomic E-state index is -0.0947. The Hall–Kier alpha value is -0.650. The van der Waals surface area contributed by atoms with Crippen molar-refractivity contribution in [3.63, 3.8) is 0 Å². The summed E-state index contributed by atoms with van der Waals surface area (Å²) >= 11 is 0. The van der Waals surface area contributed by atoms with Gasteiger partial charge >= 0.3 is 0 Å². The first-order valence-corrected chi connectivity index (χ1v) is 6.74. The molecule has 1 amide bonds. The molecule has 0 aliphatic carbocycles. The molecule has 3 unspecified atom stereocenters. The number of amides is 1. The molecule has 1 aliphatic heterocycles. The van der Waals surface area contributed by atoms with Gasteiger partial charge in [-0.05, 0) is 13.8 Å². The number of hydrogen-bond donors (Lipinski definition) is 1. The normalized spacial score (nSPS) is 24.9. The molecule has 0 aromatic heterocycles. The number of rotatable bonds is 5. The molecule has 2 N–H and O–H groups in total. The van der Waals surface area contributed by atoms with Crippen molar-refractivity contribution in [1.29, 1.82) is 0 Å². The topological polar surface area (TPSA) is 58.8 Å². The van der Waals surface area contributed by atoms with E-state index < -0.39 is 0 Å². The van der Waals surface area contributed by atoms with Crippen molar-refractivity contribution >= 4 is 5.91 Å².